The minimum Gasteiger partial charge on any atom is -0.381 e. The van der Waals surface area contributed by atoms with Gasteiger partial charge in [-0.25, -0.2) is 4.98 Å². The van der Waals surface area contributed by atoms with Gasteiger partial charge in [0.1, 0.15) is 5.65 Å². The zero-order valence-electron chi connectivity index (χ0n) is 17.5. The number of thiophene rings is 1. The number of nitrogens with one attached hydrogen (secondary N) is 1. The standard InChI is InChI=1S/C23H25N5O2S/c1-23(5-10-30-11-6-23)16-28-15-18(14-26-28)19-2-3-20(31-19)22(29)25-13-17-4-8-27-9-7-24-21(27)12-17/h2-4,7-9,12,14-15H,5-6,10-11,13,16H2,1H3,(H,25,29). The highest BCUT2D eigenvalue weighted by molar-refractivity contribution is 7.17. The highest BCUT2D eigenvalue weighted by Crippen LogP contribution is 2.33. The molecule has 1 amide bonds. The molecule has 4 aromatic heterocycles. The summed E-state index contributed by atoms with van der Waals surface area (Å²) in [4.78, 5) is 18.7. The molecule has 0 radical (unpaired) electrons. The molecule has 0 bridgehead atoms. The van der Waals surface area contributed by atoms with Crippen LogP contribution in [0.3, 0.4) is 0 Å². The number of carbonyl (C=O) groups is 1. The molecule has 1 fully saturated rings. The Balaban J connectivity index is 1.22. The van der Waals surface area contributed by atoms with Gasteiger partial charge in [0, 0.05) is 61.5 Å². The molecule has 0 aromatic carbocycles. The second kappa shape index (κ2) is 8.28. The molecule has 1 aliphatic rings. The van der Waals surface area contributed by atoms with Crippen LogP contribution in [-0.4, -0.2) is 38.3 Å². The fourth-order valence-corrected chi connectivity index (χ4v) is 4.83. The number of aromatic nitrogens is 4. The second-order valence-corrected chi connectivity index (χ2v) is 9.51. The van der Waals surface area contributed by atoms with Crippen molar-refractivity contribution >= 4 is 22.9 Å². The highest BCUT2D eigenvalue weighted by Gasteiger charge is 2.28. The first-order valence-electron chi connectivity index (χ1n) is 10.5. The SMILES string of the molecule is CC1(Cn2cc(-c3ccc(C(=O)NCc4ccn5ccnc5c4)s3)cn2)CCOCC1. The minimum atomic E-state index is -0.0680. The van der Waals surface area contributed by atoms with Crippen molar-refractivity contribution in [3.63, 3.8) is 0 Å². The van der Waals surface area contributed by atoms with E-state index in [1.807, 2.05) is 51.9 Å². The second-order valence-electron chi connectivity index (χ2n) is 8.42. The molecular formula is C23H25N5O2S. The van der Waals surface area contributed by atoms with Crippen LogP contribution >= 0.6 is 11.3 Å². The van der Waals surface area contributed by atoms with Crippen molar-refractivity contribution in [2.45, 2.75) is 32.9 Å². The van der Waals surface area contributed by atoms with Crippen LogP contribution < -0.4 is 5.32 Å². The number of ether oxygens (including phenoxy) is 1. The topological polar surface area (TPSA) is 73.5 Å². The van der Waals surface area contributed by atoms with E-state index in [1.165, 1.54) is 11.3 Å². The summed E-state index contributed by atoms with van der Waals surface area (Å²) in [5.74, 6) is -0.0680. The van der Waals surface area contributed by atoms with Crippen molar-refractivity contribution in [1.29, 1.82) is 0 Å². The average molecular weight is 436 g/mol. The first-order valence-corrected chi connectivity index (χ1v) is 11.3. The average Bonchev–Trinajstić information content (AvgIpc) is 3.52. The van der Waals surface area contributed by atoms with E-state index in [0.717, 1.165) is 54.3 Å². The molecule has 5 heterocycles. The van der Waals surface area contributed by atoms with Crippen LogP contribution in [0.2, 0.25) is 0 Å². The minimum absolute atomic E-state index is 0.0680. The first-order chi connectivity index (χ1) is 15.1. The van der Waals surface area contributed by atoms with Crippen LogP contribution in [-0.2, 0) is 17.8 Å². The third kappa shape index (κ3) is 4.40. The lowest BCUT2D eigenvalue weighted by atomic mass is 9.82. The van der Waals surface area contributed by atoms with Gasteiger partial charge in [0.15, 0.2) is 0 Å². The molecule has 31 heavy (non-hydrogen) atoms. The van der Waals surface area contributed by atoms with E-state index in [4.69, 9.17) is 4.74 Å². The van der Waals surface area contributed by atoms with Gasteiger partial charge in [-0.15, -0.1) is 11.3 Å². The molecule has 1 N–H and O–H groups in total. The van der Waals surface area contributed by atoms with Crippen LogP contribution in [0.25, 0.3) is 16.1 Å². The number of carbonyl (C=O) groups excluding carboxylic acids is 1. The van der Waals surface area contributed by atoms with E-state index in [2.05, 4.69) is 28.5 Å². The number of imidazole rings is 1. The Morgan fingerprint density at radius 1 is 1.26 bits per heavy atom. The predicted molar refractivity (Wildman–Crippen MR) is 120 cm³/mol. The lowest BCUT2D eigenvalue weighted by Crippen LogP contribution is -2.31. The Morgan fingerprint density at radius 2 is 2.13 bits per heavy atom. The molecule has 160 valence electrons. The van der Waals surface area contributed by atoms with Gasteiger partial charge in [-0.3, -0.25) is 9.48 Å². The quantitative estimate of drug-likeness (QED) is 0.497. The Labute approximate surface area is 184 Å². The van der Waals surface area contributed by atoms with Crippen molar-refractivity contribution in [3.8, 4) is 10.4 Å². The maximum absolute atomic E-state index is 12.6. The molecule has 1 saturated heterocycles. The van der Waals surface area contributed by atoms with E-state index >= 15 is 0 Å². The molecule has 7 nitrogen and oxygen atoms in total. The van der Waals surface area contributed by atoms with E-state index in [0.29, 0.717) is 11.4 Å². The first kappa shape index (κ1) is 20.0. The molecule has 0 spiro atoms. The fraction of sp³-hybridized carbons (Fsp3) is 0.348. The monoisotopic (exact) mass is 435 g/mol. The van der Waals surface area contributed by atoms with Crippen molar-refractivity contribution < 1.29 is 9.53 Å². The van der Waals surface area contributed by atoms with Gasteiger partial charge < -0.3 is 14.5 Å². The lowest BCUT2D eigenvalue weighted by Gasteiger charge is -2.33. The molecule has 5 rings (SSSR count). The molecule has 0 saturated carbocycles. The number of nitrogens with zero attached hydrogens (tertiary/aromatic N) is 4. The summed E-state index contributed by atoms with van der Waals surface area (Å²) in [6.45, 7) is 5.30. The van der Waals surface area contributed by atoms with E-state index in [1.54, 1.807) is 6.20 Å². The molecular weight excluding hydrogens is 410 g/mol. The Bertz CT molecular complexity index is 1200. The number of pyridine rings is 1. The number of hydrogen-bond acceptors (Lipinski definition) is 5. The fourth-order valence-electron chi connectivity index (χ4n) is 3.94. The summed E-state index contributed by atoms with van der Waals surface area (Å²) in [5, 5.41) is 7.56. The van der Waals surface area contributed by atoms with E-state index < -0.39 is 0 Å². The summed E-state index contributed by atoms with van der Waals surface area (Å²) in [7, 11) is 0. The van der Waals surface area contributed by atoms with Gasteiger partial charge in [0.25, 0.3) is 5.91 Å². The Kier molecular flexibility index (Phi) is 5.33. The summed E-state index contributed by atoms with van der Waals surface area (Å²) in [6.07, 6.45) is 11.7. The van der Waals surface area contributed by atoms with Crippen LogP contribution in [0.5, 0.6) is 0 Å². The number of amides is 1. The van der Waals surface area contributed by atoms with Gasteiger partial charge in [-0.05, 0) is 48.1 Å². The van der Waals surface area contributed by atoms with Gasteiger partial charge >= 0.3 is 0 Å². The predicted octanol–water partition coefficient (Wildman–Crippen LogP) is 4.01. The molecule has 4 aromatic rings. The van der Waals surface area contributed by atoms with Gasteiger partial charge in [0.05, 0.1) is 11.1 Å². The maximum Gasteiger partial charge on any atom is 0.261 e. The van der Waals surface area contributed by atoms with Crippen LogP contribution in [0, 0.1) is 5.41 Å². The third-order valence-corrected chi connectivity index (χ3v) is 7.04. The van der Waals surface area contributed by atoms with Gasteiger partial charge in [-0.1, -0.05) is 6.92 Å². The third-order valence-electron chi connectivity index (χ3n) is 5.91. The van der Waals surface area contributed by atoms with E-state index in [9.17, 15) is 4.79 Å². The molecule has 0 atom stereocenters. The van der Waals surface area contributed by atoms with Crippen LogP contribution in [0.4, 0.5) is 0 Å². The zero-order chi connectivity index (χ0) is 21.3. The number of hydrogen-bond donors (Lipinski definition) is 1. The normalized spacial score (nSPS) is 15.9. The van der Waals surface area contributed by atoms with Crippen molar-refractivity contribution in [1.82, 2.24) is 24.5 Å². The molecule has 0 unspecified atom stereocenters. The summed E-state index contributed by atoms with van der Waals surface area (Å²) >= 11 is 1.49. The summed E-state index contributed by atoms with van der Waals surface area (Å²) in [5.41, 5.74) is 3.16. The van der Waals surface area contributed by atoms with Crippen LogP contribution in [0.1, 0.15) is 35.0 Å². The Hall–Kier alpha value is -2.97. The molecule has 0 aliphatic carbocycles. The number of fused-ring (bicyclic) bond motifs is 1. The van der Waals surface area contributed by atoms with Gasteiger partial charge in [0.2, 0.25) is 0 Å². The van der Waals surface area contributed by atoms with E-state index in [-0.39, 0.29) is 11.3 Å². The summed E-state index contributed by atoms with van der Waals surface area (Å²) in [6, 6.07) is 7.84. The molecule has 8 heteroatoms. The smallest absolute Gasteiger partial charge is 0.261 e. The highest BCUT2D eigenvalue weighted by atomic mass is 32.1. The summed E-state index contributed by atoms with van der Waals surface area (Å²) < 4.78 is 9.46. The largest absolute Gasteiger partial charge is 0.381 e. The number of rotatable bonds is 6. The Morgan fingerprint density at radius 3 is 3.00 bits per heavy atom. The lowest BCUT2D eigenvalue weighted by molar-refractivity contribution is 0.0139. The zero-order valence-corrected chi connectivity index (χ0v) is 18.3. The van der Waals surface area contributed by atoms with Crippen molar-refractivity contribution in [2.24, 2.45) is 5.41 Å². The van der Waals surface area contributed by atoms with Crippen LogP contribution in [0.15, 0.2) is 55.2 Å². The maximum atomic E-state index is 12.6. The molecule has 1 aliphatic heterocycles. The van der Waals surface area contributed by atoms with Gasteiger partial charge in [-0.2, -0.15) is 5.10 Å². The van der Waals surface area contributed by atoms with Crippen molar-refractivity contribution in [2.75, 3.05) is 13.2 Å². The van der Waals surface area contributed by atoms with Crippen molar-refractivity contribution in [3.05, 3.63) is 65.7 Å².